The fraction of sp³-hybridized carbons (Fsp3) is 0.750. The molecule has 0 saturated carbocycles. The second-order valence-corrected chi connectivity index (χ2v) is 8.58. The highest BCUT2D eigenvalue weighted by molar-refractivity contribution is 7.80. The van der Waals surface area contributed by atoms with Crippen LogP contribution in [0.4, 0.5) is 0 Å². The van der Waals surface area contributed by atoms with Gasteiger partial charge < -0.3 is 44.0 Å². The SMILES string of the molecule is CC(C)C(NC(=O)C(CCCCN)NC(=O)C(CCCN=C(N)N)NC(=O)C(N)CS)C(=O)O. The molecule has 0 bridgehead atoms. The van der Waals surface area contributed by atoms with Gasteiger partial charge in [-0.25, -0.2) is 4.79 Å². The second kappa shape index (κ2) is 16.9. The lowest BCUT2D eigenvalue weighted by atomic mass is 10.0. The van der Waals surface area contributed by atoms with Crippen molar-refractivity contribution in [3.63, 3.8) is 0 Å². The Bertz CT molecular complexity index is 702. The maximum Gasteiger partial charge on any atom is 0.326 e. The van der Waals surface area contributed by atoms with Gasteiger partial charge in [-0.1, -0.05) is 13.8 Å². The highest BCUT2D eigenvalue weighted by Gasteiger charge is 2.30. The Balaban J connectivity index is 5.53. The lowest BCUT2D eigenvalue weighted by Crippen LogP contribution is -2.57. The van der Waals surface area contributed by atoms with Crippen LogP contribution in [0.1, 0.15) is 46.0 Å². The van der Waals surface area contributed by atoms with Crippen molar-refractivity contribution in [2.24, 2.45) is 33.8 Å². The molecule has 196 valence electrons. The number of amides is 3. The van der Waals surface area contributed by atoms with Crippen LogP contribution >= 0.6 is 12.6 Å². The minimum atomic E-state index is -1.18. The summed E-state index contributed by atoms with van der Waals surface area (Å²) in [5.74, 6) is -3.40. The molecule has 0 aliphatic heterocycles. The van der Waals surface area contributed by atoms with Gasteiger partial charge in [0.1, 0.15) is 18.1 Å². The quantitative estimate of drug-likeness (QED) is 0.0444. The summed E-state index contributed by atoms with van der Waals surface area (Å²) in [4.78, 5) is 53.5. The molecule has 0 radical (unpaired) electrons. The van der Waals surface area contributed by atoms with E-state index in [0.717, 1.165) is 0 Å². The Morgan fingerprint density at radius 3 is 1.91 bits per heavy atom. The zero-order valence-corrected chi connectivity index (χ0v) is 20.7. The first kappa shape index (κ1) is 31.4. The van der Waals surface area contributed by atoms with Gasteiger partial charge in [-0.15, -0.1) is 0 Å². The number of hydrogen-bond donors (Lipinski definition) is 9. The van der Waals surface area contributed by atoms with E-state index in [1.807, 2.05) is 0 Å². The predicted octanol–water partition coefficient (Wildman–Crippen LogP) is -2.38. The number of carboxylic acids is 1. The summed E-state index contributed by atoms with van der Waals surface area (Å²) < 4.78 is 0. The summed E-state index contributed by atoms with van der Waals surface area (Å²) in [6.07, 6.45) is 1.92. The van der Waals surface area contributed by atoms with E-state index in [1.165, 1.54) is 0 Å². The predicted molar refractivity (Wildman–Crippen MR) is 133 cm³/mol. The lowest BCUT2D eigenvalue weighted by molar-refractivity contribution is -0.143. The number of nitrogens with one attached hydrogen (secondary N) is 3. The third-order valence-electron chi connectivity index (χ3n) is 4.92. The van der Waals surface area contributed by atoms with Crippen molar-refractivity contribution in [3.05, 3.63) is 0 Å². The summed E-state index contributed by atoms with van der Waals surface area (Å²) in [5.41, 5.74) is 21.8. The zero-order chi connectivity index (χ0) is 26.3. The van der Waals surface area contributed by atoms with Crippen LogP contribution in [0.3, 0.4) is 0 Å². The molecule has 0 aromatic heterocycles. The maximum atomic E-state index is 13.0. The van der Waals surface area contributed by atoms with Crippen molar-refractivity contribution in [3.8, 4) is 0 Å². The molecule has 12 N–H and O–H groups in total. The Kier molecular flexibility index (Phi) is 15.7. The van der Waals surface area contributed by atoms with Crippen LogP contribution in [0.15, 0.2) is 4.99 Å². The number of aliphatic carboxylic acids is 1. The topological polar surface area (TPSA) is 241 Å². The van der Waals surface area contributed by atoms with E-state index in [-0.39, 0.29) is 37.0 Å². The van der Waals surface area contributed by atoms with Crippen LogP contribution in [-0.4, -0.2) is 77.8 Å². The number of hydrogen-bond acceptors (Lipinski definition) is 8. The molecule has 3 amide bonds. The average molecular weight is 505 g/mol. The number of carbonyl (C=O) groups is 4. The van der Waals surface area contributed by atoms with Gasteiger partial charge in [-0.05, 0) is 44.6 Å². The van der Waals surface area contributed by atoms with Crippen LogP contribution in [0.25, 0.3) is 0 Å². The highest BCUT2D eigenvalue weighted by atomic mass is 32.1. The molecule has 0 aliphatic rings. The first-order valence-electron chi connectivity index (χ1n) is 11.2. The molecular formula is C20H40N8O5S. The van der Waals surface area contributed by atoms with Crippen LogP contribution in [0.5, 0.6) is 0 Å². The number of unbranched alkanes of at least 4 members (excludes halogenated alkanes) is 1. The molecule has 34 heavy (non-hydrogen) atoms. The molecular weight excluding hydrogens is 464 g/mol. The van der Waals surface area contributed by atoms with Gasteiger partial charge in [-0.3, -0.25) is 19.4 Å². The molecule has 4 atom stereocenters. The van der Waals surface area contributed by atoms with Crippen LogP contribution in [-0.2, 0) is 19.2 Å². The van der Waals surface area contributed by atoms with Gasteiger partial charge >= 0.3 is 5.97 Å². The van der Waals surface area contributed by atoms with E-state index >= 15 is 0 Å². The third kappa shape index (κ3) is 12.6. The van der Waals surface area contributed by atoms with Gasteiger partial charge in [0.2, 0.25) is 17.7 Å². The Hall–Kier alpha value is -2.58. The van der Waals surface area contributed by atoms with Crippen LogP contribution in [0.2, 0.25) is 0 Å². The molecule has 0 spiro atoms. The lowest BCUT2D eigenvalue weighted by Gasteiger charge is -2.26. The van der Waals surface area contributed by atoms with Crippen molar-refractivity contribution in [1.82, 2.24) is 16.0 Å². The molecule has 0 rings (SSSR count). The number of thiol groups is 1. The molecule has 0 aliphatic carbocycles. The van der Waals surface area contributed by atoms with E-state index in [1.54, 1.807) is 13.8 Å². The molecule has 0 fully saturated rings. The average Bonchev–Trinajstić information content (AvgIpc) is 2.77. The van der Waals surface area contributed by atoms with Crippen LogP contribution in [0, 0.1) is 5.92 Å². The Labute approximate surface area is 205 Å². The Morgan fingerprint density at radius 1 is 0.912 bits per heavy atom. The minimum absolute atomic E-state index is 0.0735. The molecule has 4 unspecified atom stereocenters. The summed E-state index contributed by atoms with van der Waals surface area (Å²) in [7, 11) is 0. The number of nitrogens with zero attached hydrogens (tertiary/aromatic N) is 1. The van der Waals surface area contributed by atoms with Gasteiger partial charge in [0, 0.05) is 12.3 Å². The number of rotatable bonds is 17. The molecule has 14 heteroatoms. The van der Waals surface area contributed by atoms with E-state index in [4.69, 9.17) is 22.9 Å². The second-order valence-electron chi connectivity index (χ2n) is 8.21. The van der Waals surface area contributed by atoms with Crippen LogP contribution < -0.4 is 38.9 Å². The third-order valence-corrected chi connectivity index (χ3v) is 5.32. The van der Waals surface area contributed by atoms with E-state index in [0.29, 0.717) is 25.8 Å². The summed E-state index contributed by atoms with van der Waals surface area (Å²) >= 11 is 3.99. The highest BCUT2D eigenvalue weighted by Crippen LogP contribution is 2.07. The fourth-order valence-corrected chi connectivity index (χ4v) is 3.10. The number of nitrogens with two attached hydrogens (primary N) is 4. The van der Waals surface area contributed by atoms with E-state index in [9.17, 15) is 24.3 Å². The first-order chi connectivity index (χ1) is 15.9. The van der Waals surface area contributed by atoms with Crippen molar-refractivity contribution >= 4 is 42.3 Å². The van der Waals surface area contributed by atoms with Gasteiger partial charge in [0.05, 0.1) is 6.04 Å². The molecule has 0 saturated heterocycles. The molecule has 0 aromatic carbocycles. The van der Waals surface area contributed by atoms with Crippen molar-refractivity contribution in [2.75, 3.05) is 18.8 Å². The maximum absolute atomic E-state index is 13.0. The number of carboxylic acid groups (broad SMARTS) is 1. The zero-order valence-electron chi connectivity index (χ0n) is 19.8. The number of aliphatic imine (C=N–C) groups is 1. The fourth-order valence-electron chi connectivity index (χ4n) is 2.94. The van der Waals surface area contributed by atoms with Crippen molar-refractivity contribution in [2.45, 2.75) is 70.1 Å². The van der Waals surface area contributed by atoms with Crippen molar-refractivity contribution < 1.29 is 24.3 Å². The summed E-state index contributed by atoms with van der Waals surface area (Å²) in [5, 5.41) is 17.0. The van der Waals surface area contributed by atoms with Crippen molar-refractivity contribution in [1.29, 1.82) is 0 Å². The van der Waals surface area contributed by atoms with Gasteiger partial charge in [0.15, 0.2) is 5.96 Å². The van der Waals surface area contributed by atoms with E-state index in [2.05, 4.69) is 33.6 Å². The Morgan fingerprint density at radius 2 is 1.44 bits per heavy atom. The monoisotopic (exact) mass is 504 g/mol. The number of carbonyl (C=O) groups excluding carboxylic acids is 3. The standard InChI is InChI=1S/C20H40N8O5S/c1-11(2)15(19(32)33)28-18(31)13(6-3-4-8-21)27-17(30)14(7-5-9-25-20(23)24)26-16(29)12(22)10-34/h11-15,34H,3-10,21-22H2,1-2H3,(H,26,29)(H,27,30)(H,28,31)(H,32,33)(H4,23,24,25). The van der Waals surface area contributed by atoms with E-state index < -0.39 is 47.9 Å². The normalized spacial score (nSPS) is 14.4. The summed E-state index contributed by atoms with van der Waals surface area (Å²) in [6.45, 7) is 3.95. The van der Waals surface area contributed by atoms with Gasteiger partial charge in [-0.2, -0.15) is 12.6 Å². The number of guanidine groups is 1. The molecule has 0 heterocycles. The largest absolute Gasteiger partial charge is 0.480 e. The molecule has 13 nitrogen and oxygen atoms in total. The summed E-state index contributed by atoms with van der Waals surface area (Å²) in [6, 6.07) is -4.08. The first-order valence-corrected chi connectivity index (χ1v) is 11.8. The smallest absolute Gasteiger partial charge is 0.326 e. The minimum Gasteiger partial charge on any atom is -0.480 e. The van der Waals surface area contributed by atoms with Gasteiger partial charge in [0.25, 0.3) is 0 Å². The molecule has 0 aromatic rings.